The second-order valence-electron chi connectivity index (χ2n) is 4.45. The van der Waals surface area contributed by atoms with Gasteiger partial charge in [-0.05, 0) is 37.0 Å². The van der Waals surface area contributed by atoms with Crippen molar-refractivity contribution in [3.05, 3.63) is 35.6 Å². The summed E-state index contributed by atoms with van der Waals surface area (Å²) in [6.45, 7) is 2.86. The number of aliphatic hydroxyl groups is 1. The maximum atomic E-state index is 12.9. The van der Waals surface area contributed by atoms with Gasteiger partial charge in [-0.25, -0.2) is 4.39 Å². The molecule has 0 aliphatic carbocycles. The summed E-state index contributed by atoms with van der Waals surface area (Å²) >= 11 is 0. The Hall–Kier alpha value is -0.930. The molecule has 0 amide bonds. The number of hydrogen-bond donors (Lipinski definition) is 1. The minimum absolute atomic E-state index is 0.120. The van der Waals surface area contributed by atoms with E-state index in [1.165, 1.54) is 6.07 Å². The number of benzene rings is 1. The molecule has 1 aromatic carbocycles. The van der Waals surface area contributed by atoms with Crippen LogP contribution in [0, 0.1) is 5.82 Å². The fourth-order valence-corrected chi connectivity index (χ4v) is 2.12. The Morgan fingerprint density at radius 1 is 1.31 bits per heavy atom. The van der Waals surface area contributed by atoms with E-state index >= 15 is 0 Å². The SMILES string of the molecule is OC1CCN(CCc2cccc(F)c2)CC1. The van der Waals surface area contributed by atoms with Crippen LogP contribution in [0.15, 0.2) is 24.3 Å². The Bertz CT molecular complexity index is 334. The van der Waals surface area contributed by atoms with Crippen molar-refractivity contribution in [3.63, 3.8) is 0 Å². The highest BCUT2D eigenvalue weighted by Gasteiger charge is 2.16. The second-order valence-corrected chi connectivity index (χ2v) is 4.45. The molecule has 0 saturated carbocycles. The molecule has 1 saturated heterocycles. The molecule has 1 fully saturated rings. The third-order valence-electron chi connectivity index (χ3n) is 3.16. The highest BCUT2D eigenvalue weighted by molar-refractivity contribution is 5.16. The van der Waals surface area contributed by atoms with Crippen LogP contribution in [0.3, 0.4) is 0 Å². The zero-order valence-electron chi connectivity index (χ0n) is 9.40. The molecule has 88 valence electrons. The Kier molecular flexibility index (Phi) is 3.91. The monoisotopic (exact) mass is 223 g/mol. The van der Waals surface area contributed by atoms with Gasteiger partial charge in [0.1, 0.15) is 5.82 Å². The van der Waals surface area contributed by atoms with E-state index in [-0.39, 0.29) is 11.9 Å². The molecule has 1 N–H and O–H groups in total. The van der Waals surface area contributed by atoms with Gasteiger partial charge in [0.25, 0.3) is 0 Å². The fourth-order valence-electron chi connectivity index (χ4n) is 2.12. The second kappa shape index (κ2) is 5.41. The quantitative estimate of drug-likeness (QED) is 0.845. The largest absolute Gasteiger partial charge is 0.393 e. The van der Waals surface area contributed by atoms with Gasteiger partial charge in [-0.15, -0.1) is 0 Å². The highest BCUT2D eigenvalue weighted by atomic mass is 19.1. The van der Waals surface area contributed by atoms with Crippen molar-refractivity contribution in [1.29, 1.82) is 0 Å². The van der Waals surface area contributed by atoms with E-state index in [0.717, 1.165) is 44.5 Å². The van der Waals surface area contributed by atoms with Crippen LogP contribution in [0.4, 0.5) is 4.39 Å². The molecule has 0 atom stereocenters. The van der Waals surface area contributed by atoms with Gasteiger partial charge >= 0.3 is 0 Å². The third kappa shape index (κ3) is 3.29. The van der Waals surface area contributed by atoms with E-state index < -0.39 is 0 Å². The summed E-state index contributed by atoms with van der Waals surface area (Å²) in [5, 5.41) is 9.37. The molecule has 0 aromatic heterocycles. The summed E-state index contributed by atoms with van der Waals surface area (Å²) in [6, 6.07) is 6.78. The Labute approximate surface area is 95.7 Å². The van der Waals surface area contributed by atoms with Gasteiger partial charge in [0, 0.05) is 19.6 Å². The van der Waals surface area contributed by atoms with Crippen LogP contribution in [-0.4, -0.2) is 35.7 Å². The number of piperidine rings is 1. The lowest BCUT2D eigenvalue weighted by Crippen LogP contribution is -2.37. The third-order valence-corrected chi connectivity index (χ3v) is 3.16. The summed E-state index contributed by atoms with van der Waals surface area (Å²) < 4.78 is 12.9. The van der Waals surface area contributed by atoms with Crippen LogP contribution in [0.25, 0.3) is 0 Å². The van der Waals surface area contributed by atoms with E-state index in [1.807, 2.05) is 6.07 Å². The van der Waals surface area contributed by atoms with Gasteiger partial charge < -0.3 is 10.0 Å². The van der Waals surface area contributed by atoms with Crippen LogP contribution in [-0.2, 0) is 6.42 Å². The Morgan fingerprint density at radius 3 is 2.75 bits per heavy atom. The predicted molar refractivity (Wildman–Crippen MR) is 61.8 cm³/mol. The first-order valence-corrected chi connectivity index (χ1v) is 5.89. The number of rotatable bonds is 3. The molecular weight excluding hydrogens is 205 g/mol. The van der Waals surface area contributed by atoms with Crippen molar-refractivity contribution >= 4 is 0 Å². The molecule has 2 rings (SSSR count). The first kappa shape index (κ1) is 11.6. The van der Waals surface area contributed by atoms with Gasteiger partial charge in [0.05, 0.1) is 6.10 Å². The summed E-state index contributed by atoms with van der Waals surface area (Å²) in [5.74, 6) is -0.161. The lowest BCUT2D eigenvalue weighted by Gasteiger charge is -2.29. The van der Waals surface area contributed by atoms with Crippen LogP contribution in [0.5, 0.6) is 0 Å². The smallest absolute Gasteiger partial charge is 0.123 e. The van der Waals surface area contributed by atoms with Gasteiger partial charge in [-0.3, -0.25) is 0 Å². The Morgan fingerprint density at radius 2 is 2.06 bits per heavy atom. The first-order chi connectivity index (χ1) is 7.74. The maximum absolute atomic E-state index is 12.9. The molecule has 0 radical (unpaired) electrons. The fraction of sp³-hybridized carbons (Fsp3) is 0.538. The molecule has 0 bridgehead atoms. The molecule has 1 aromatic rings. The molecule has 1 heterocycles. The molecule has 0 unspecified atom stereocenters. The summed E-state index contributed by atoms with van der Waals surface area (Å²) in [5.41, 5.74) is 1.05. The first-order valence-electron chi connectivity index (χ1n) is 5.89. The van der Waals surface area contributed by atoms with Crippen molar-refractivity contribution in [2.45, 2.75) is 25.4 Å². The number of nitrogens with zero attached hydrogens (tertiary/aromatic N) is 1. The van der Waals surface area contributed by atoms with Gasteiger partial charge in [0.2, 0.25) is 0 Å². The van der Waals surface area contributed by atoms with E-state index in [2.05, 4.69) is 4.90 Å². The number of aliphatic hydroxyl groups excluding tert-OH is 1. The van der Waals surface area contributed by atoms with Gasteiger partial charge in [-0.2, -0.15) is 0 Å². The van der Waals surface area contributed by atoms with Crippen molar-refractivity contribution in [3.8, 4) is 0 Å². The van der Waals surface area contributed by atoms with E-state index in [4.69, 9.17) is 0 Å². The van der Waals surface area contributed by atoms with Gasteiger partial charge in [0.15, 0.2) is 0 Å². The molecule has 0 spiro atoms. The van der Waals surface area contributed by atoms with E-state index in [1.54, 1.807) is 12.1 Å². The average molecular weight is 223 g/mol. The standard InChI is InChI=1S/C13H18FNO/c14-12-3-1-2-11(10-12)4-7-15-8-5-13(16)6-9-15/h1-3,10,13,16H,4-9H2. The number of halogens is 1. The molecular formula is C13H18FNO. The van der Waals surface area contributed by atoms with E-state index in [9.17, 15) is 9.50 Å². The molecule has 1 aliphatic heterocycles. The molecule has 1 aliphatic rings. The van der Waals surface area contributed by atoms with Gasteiger partial charge in [-0.1, -0.05) is 12.1 Å². The summed E-state index contributed by atoms with van der Waals surface area (Å²) in [6.07, 6.45) is 2.49. The number of hydrogen-bond acceptors (Lipinski definition) is 2. The Balaban J connectivity index is 1.79. The summed E-state index contributed by atoms with van der Waals surface area (Å²) in [4.78, 5) is 2.33. The van der Waals surface area contributed by atoms with Crippen molar-refractivity contribution < 1.29 is 9.50 Å². The summed E-state index contributed by atoms with van der Waals surface area (Å²) in [7, 11) is 0. The zero-order valence-corrected chi connectivity index (χ0v) is 9.40. The van der Waals surface area contributed by atoms with Crippen molar-refractivity contribution in [2.24, 2.45) is 0 Å². The van der Waals surface area contributed by atoms with E-state index in [0.29, 0.717) is 0 Å². The van der Waals surface area contributed by atoms with Crippen LogP contribution < -0.4 is 0 Å². The minimum atomic E-state index is -0.161. The lowest BCUT2D eigenvalue weighted by atomic mass is 10.1. The highest BCUT2D eigenvalue weighted by Crippen LogP contribution is 2.11. The number of likely N-dealkylation sites (tertiary alicyclic amines) is 1. The topological polar surface area (TPSA) is 23.5 Å². The molecule has 2 nitrogen and oxygen atoms in total. The minimum Gasteiger partial charge on any atom is -0.393 e. The normalized spacial score (nSPS) is 18.9. The van der Waals surface area contributed by atoms with Crippen LogP contribution in [0.2, 0.25) is 0 Å². The molecule has 16 heavy (non-hydrogen) atoms. The zero-order chi connectivity index (χ0) is 11.4. The van der Waals surface area contributed by atoms with Crippen LogP contribution >= 0.6 is 0 Å². The molecule has 3 heteroatoms. The van der Waals surface area contributed by atoms with Crippen LogP contribution in [0.1, 0.15) is 18.4 Å². The predicted octanol–water partition coefficient (Wildman–Crippen LogP) is 1.82. The average Bonchev–Trinajstić information content (AvgIpc) is 2.28. The maximum Gasteiger partial charge on any atom is 0.123 e. The van der Waals surface area contributed by atoms with Crippen molar-refractivity contribution in [1.82, 2.24) is 4.90 Å². The van der Waals surface area contributed by atoms with Crippen molar-refractivity contribution in [2.75, 3.05) is 19.6 Å². The lowest BCUT2D eigenvalue weighted by molar-refractivity contribution is 0.0832.